The minimum Gasteiger partial charge on any atom is -0.494 e. The number of hydrogen-bond acceptors (Lipinski definition) is 8. The summed E-state index contributed by atoms with van der Waals surface area (Å²) in [5.41, 5.74) is 1.04. The maximum atomic E-state index is 13.2. The molecule has 1 atom stereocenters. The van der Waals surface area contributed by atoms with Crippen LogP contribution in [0.4, 0.5) is 24.7 Å². The lowest BCUT2D eigenvalue weighted by atomic mass is 10.1. The molecule has 200 valence electrons. The van der Waals surface area contributed by atoms with E-state index in [1.165, 1.54) is 6.20 Å². The Balaban J connectivity index is 1.15. The Hall–Kier alpha value is -4.16. The number of alkyl halides is 3. The summed E-state index contributed by atoms with van der Waals surface area (Å²) in [6.45, 7) is 4.78. The van der Waals surface area contributed by atoms with Crippen LogP contribution in [0.2, 0.25) is 0 Å². The third-order valence-electron chi connectivity index (χ3n) is 6.52. The molecular formula is C25H25F3N6O4. The number of halogens is 3. The molecule has 4 heterocycles. The normalized spacial score (nSPS) is 18.3. The fourth-order valence-corrected chi connectivity index (χ4v) is 4.59. The highest BCUT2D eigenvalue weighted by Gasteiger charge is 2.39. The summed E-state index contributed by atoms with van der Waals surface area (Å²) >= 11 is 0. The van der Waals surface area contributed by atoms with E-state index in [4.69, 9.17) is 4.74 Å². The second kappa shape index (κ2) is 10.3. The molecule has 2 fully saturated rings. The minimum absolute atomic E-state index is 0.0488. The van der Waals surface area contributed by atoms with E-state index >= 15 is 0 Å². The molecule has 1 aromatic carbocycles. The van der Waals surface area contributed by atoms with Crippen molar-refractivity contribution in [3.63, 3.8) is 0 Å². The minimum atomic E-state index is -4.71. The first-order valence-electron chi connectivity index (χ1n) is 12.2. The predicted molar refractivity (Wildman–Crippen MR) is 129 cm³/mol. The molecule has 0 spiro atoms. The van der Waals surface area contributed by atoms with Gasteiger partial charge in [-0.05, 0) is 43.3 Å². The van der Waals surface area contributed by atoms with Crippen LogP contribution in [0.25, 0.3) is 11.4 Å². The SMILES string of the molecule is CCOc1ccc(N2CC(C(=O)N3CCN(c4ccc(-c5noc(C(F)(F)F)n5)cn4)CC3)CC2=O)cc1. The number of benzene rings is 1. The van der Waals surface area contributed by atoms with Gasteiger partial charge in [-0.1, -0.05) is 5.16 Å². The van der Waals surface area contributed by atoms with Gasteiger partial charge >= 0.3 is 12.1 Å². The van der Waals surface area contributed by atoms with Crippen molar-refractivity contribution >= 4 is 23.3 Å². The molecule has 38 heavy (non-hydrogen) atoms. The van der Waals surface area contributed by atoms with Gasteiger partial charge in [0.15, 0.2) is 0 Å². The molecule has 3 aromatic rings. The maximum absolute atomic E-state index is 13.2. The van der Waals surface area contributed by atoms with Crippen molar-refractivity contribution < 1.29 is 32.0 Å². The number of ether oxygens (including phenoxy) is 1. The summed E-state index contributed by atoms with van der Waals surface area (Å²) in [7, 11) is 0. The van der Waals surface area contributed by atoms with E-state index in [0.29, 0.717) is 50.7 Å². The number of amides is 2. The van der Waals surface area contributed by atoms with Crippen LogP contribution < -0.4 is 14.5 Å². The number of aromatic nitrogens is 3. The van der Waals surface area contributed by atoms with E-state index < -0.39 is 18.0 Å². The number of nitrogens with zero attached hydrogens (tertiary/aromatic N) is 6. The zero-order valence-electron chi connectivity index (χ0n) is 20.5. The van der Waals surface area contributed by atoms with Crippen LogP contribution in [0.3, 0.4) is 0 Å². The van der Waals surface area contributed by atoms with Crippen molar-refractivity contribution in [2.75, 3.05) is 49.1 Å². The van der Waals surface area contributed by atoms with E-state index in [9.17, 15) is 22.8 Å². The maximum Gasteiger partial charge on any atom is 0.471 e. The first-order valence-corrected chi connectivity index (χ1v) is 12.2. The van der Waals surface area contributed by atoms with Gasteiger partial charge in [0.1, 0.15) is 11.6 Å². The molecular weight excluding hydrogens is 505 g/mol. The fourth-order valence-electron chi connectivity index (χ4n) is 4.59. The Morgan fingerprint density at radius 3 is 2.45 bits per heavy atom. The highest BCUT2D eigenvalue weighted by atomic mass is 19.4. The van der Waals surface area contributed by atoms with Crippen LogP contribution in [0.1, 0.15) is 19.2 Å². The molecule has 13 heteroatoms. The Labute approximate surface area is 216 Å². The van der Waals surface area contributed by atoms with Crippen molar-refractivity contribution in [2.45, 2.75) is 19.5 Å². The zero-order valence-corrected chi connectivity index (χ0v) is 20.5. The van der Waals surface area contributed by atoms with Crippen LogP contribution in [0, 0.1) is 5.92 Å². The zero-order chi connectivity index (χ0) is 26.9. The number of anilines is 2. The lowest BCUT2D eigenvalue weighted by Gasteiger charge is -2.36. The Kier molecular flexibility index (Phi) is 6.91. The van der Waals surface area contributed by atoms with E-state index in [2.05, 4.69) is 19.6 Å². The standard InChI is InChI=1S/C25H25F3N6O4/c1-2-37-19-6-4-18(5-7-19)34-15-17(13-21(34)35)23(36)33-11-9-32(10-12-33)20-8-3-16(14-29-20)22-30-24(38-31-22)25(26,27)28/h3-8,14,17H,2,9-13,15H2,1H3. The summed E-state index contributed by atoms with van der Waals surface area (Å²) in [6.07, 6.45) is -3.16. The van der Waals surface area contributed by atoms with Gasteiger partial charge in [0, 0.05) is 56.6 Å². The van der Waals surface area contributed by atoms with E-state index in [1.54, 1.807) is 21.9 Å². The van der Waals surface area contributed by atoms with Crippen molar-refractivity contribution in [3.8, 4) is 17.1 Å². The Bertz CT molecular complexity index is 1290. The number of rotatable bonds is 6. The summed E-state index contributed by atoms with van der Waals surface area (Å²) in [5.74, 6) is -0.802. The first kappa shape index (κ1) is 25.5. The Morgan fingerprint density at radius 2 is 1.84 bits per heavy atom. The van der Waals surface area contributed by atoms with Gasteiger partial charge in [0.05, 0.1) is 12.5 Å². The first-order chi connectivity index (χ1) is 18.2. The van der Waals surface area contributed by atoms with Crippen LogP contribution in [-0.2, 0) is 15.8 Å². The highest BCUT2D eigenvalue weighted by Crippen LogP contribution is 2.30. The smallest absolute Gasteiger partial charge is 0.471 e. The predicted octanol–water partition coefficient (Wildman–Crippen LogP) is 3.25. The molecule has 2 aliphatic heterocycles. The molecule has 0 saturated carbocycles. The van der Waals surface area contributed by atoms with Crippen LogP contribution in [0.15, 0.2) is 47.1 Å². The monoisotopic (exact) mass is 530 g/mol. The van der Waals surface area contributed by atoms with Gasteiger partial charge in [-0.25, -0.2) is 4.98 Å². The molecule has 0 radical (unpaired) electrons. The summed E-state index contributed by atoms with van der Waals surface area (Å²) in [5, 5.41) is 3.37. The quantitative estimate of drug-likeness (QED) is 0.479. The van der Waals surface area contributed by atoms with Crippen molar-refractivity contribution in [1.29, 1.82) is 0 Å². The van der Waals surface area contributed by atoms with Crippen molar-refractivity contribution in [3.05, 3.63) is 48.5 Å². The van der Waals surface area contributed by atoms with E-state index in [1.807, 2.05) is 36.1 Å². The van der Waals surface area contributed by atoms with Crippen LogP contribution in [0.5, 0.6) is 5.75 Å². The van der Waals surface area contributed by atoms with Gasteiger partial charge in [0.25, 0.3) is 0 Å². The van der Waals surface area contributed by atoms with Gasteiger partial charge in [-0.3, -0.25) is 9.59 Å². The molecule has 1 unspecified atom stereocenters. The summed E-state index contributed by atoms with van der Waals surface area (Å²) in [4.78, 5) is 38.9. The van der Waals surface area contributed by atoms with Gasteiger partial charge in [0.2, 0.25) is 17.6 Å². The fraction of sp³-hybridized carbons (Fsp3) is 0.400. The second-order valence-corrected chi connectivity index (χ2v) is 8.97. The van der Waals surface area contributed by atoms with E-state index in [0.717, 1.165) is 11.4 Å². The molecule has 2 aromatic heterocycles. The molecule has 2 saturated heterocycles. The molecule has 5 rings (SSSR count). The number of carbonyl (C=O) groups excluding carboxylic acids is 2. The van der Waals surface area contributed by atoms with Gasteiger partial charge in [-0.15, -0.1) is 0 Å². The van der Waals surface area contributed by atoms with Crippen LogP contribution >= 0.6 is 0 Å². The lowest BCUT2D eigenvalue weighted by molar-refractivity contribution is -0.159. The Morgan fingerprint density at radius 1 is 1.11 bits per heavy atom. The third-order valence-corrected chi connectivity index (χ3v) is 6.52. The summed E-state index contributed by atoms with van der Waals surface area (Å²) < 4.78 is 47.8. The van der Waals surface area contributed by atoms with Gasteiger partial charge < -0.3 is 24.0 Å². The van der Waals surface area contributed by atoms with Crippen molar-refractivity contribution in [1.82, 2.24) is 20.0 Å². The van der Waals surface area contributed by atoms with E-state index in [-0.39, 0.29) is 24.1 Å². The molecule has 0 N–H and O–H groups in total. The number of pyridine rings is 1. The van der Waals surface area contributed by atoms with Gasteiger partial charge in [-0.2, -0.15) is 18.2 Å². The number of piperazine rings is 1. The number of hydrogen-bond donors (Lipinski definition) is 0. The molecule has 0 aliphatic carbocycles. The second-order valence-electron chi connectivity index (χ2n) is 8.97. The highest BCUT2D eigenvalue weighted by molar-refractivity contribution is 6.00. The summed E-state index contributed by atoms with van der Waals surface area (Å²) in [6, 6.07) is 10.5. The molecule has 10 nitrogen and oxygen atoms in total. The average Bonchev–Trinajstić information content (AvgIpc) is 3.57. The number of carbonyl (C=O) groups is 2. The average molecular weight is 531 g/mol. The molecule has 2 aliphatic rings. The van der Waals surface area contributed by atoms with Crippen molar-refractivity contribution in [2.24, 2.45) is 5.92 Å². The largest absolute Gasteiger partial charge is 0.494 e. The van der Waals surface area contributed by atoms with Crippen LogP contribution in [-0.4, -0.2) is 71.2 Å². The molecule has 2 amide bonds. The third kappa shape index (κ3) is 5.27. The topological polar surface area (TPSA) is 105 Å². The molecule has 0 bridgehead atoms. The lowest BCUT2D eigenvalue weighted by Crippen LogP contribution is -2.51.